The molecule has 1 unspecified atom stereocenters. The SMILES string of the molecule is CCCOc1ccc(CN2C[C@H]3CC(c4ccc(N(C)C)c5ccccc45)N4C(=O)N(CCN5CCOCC5)C(=O)[C@@]34C2)cc1O. The zero-order chi connectivity index (χ0) is 32.0. The van der Waals surface area contributed by atoms with Gasteiger partial charge in [0.2, 0.25) is 0 Å². The van der Waals surface area contributed by atoms with Crippen LogP contribution in [0.3, 0.4) is 0 Å². The fraction of sp³-hybridized carbons (Fsp3) is 0.500. The number of carbonyl (C=O) groups is 2. The standard InChI is InChI=1S/C36H45N5O5/c1-4-17-46-33-12-9-25(20-32(33)42)22-39-23-26-21-31(29-10-11-30(37(2)3)28-8-6-5-7-27(28)29)41-35(44)40(34(43)36(26,41)24-39)14-13-38-15-18-45-19-16-38/h5-12,20,26,31,42H,4,13-19,21-24H2,1-3H3/t26-,31?,36-/m1/s1. The summed E-state index contributed by atoms with van der Waals surface area (Å²) < 4.78 is 11.2. The van der Waals surface area contributed by atoms with Crippen molar-refractivity contribution in [1.29, 1.82) is 0 Å². The van der Waals surface area contributed by atoms with E-state index in [-0.39, 0.29) is 29.6 Å². The van der Waals surface area contributed by atoms with E-state index < -0.39 is 5.54 Å². The lowest BCUT2D eigenvalue weighted by Crippen LogP contribution is -2.51. The first kappa shape index (κ1) is 30.8. The van der Waals surface area contributed by atoms with E-state index in [1.807, 2.05) is 38.1 Å². The highest BCUT2D eigenvalue weighted by Crippen LogP contribution is 2.56. The highest BCUT2D eigenvalue weighted by molar-refractivity contribution is 6.09. The van der Waals surface area contributed by atoms with Crippen LogP contribution in [0.25, 0.3) is 10.8 Å². The van der Waals surface area contributed by atoms with Crippen molar-refractivity contribution in [3.8, 4) is 11.5 Å². The van der Waals surface area contributed by atoms with E-state index in [9.17, 15) is 14.7 Å². The van der Waals surface area contributed by atoms with Gasteiger partial charge >= 0.3 is 6.03 Å². The van der Waals surface area contributed by atoms with Crippen molar-refractivity contribution in [1.82, 2.24) is 19.6 Å². The molecule has 4 saturated heterocycles. The second kappa shape index (κ2) is 12.4. The van der Waals surface area contributed by atoms with Crippen LogP contribution in [0.1, 0.15) is 36.9 Å². The van der Waals surface area contributed by atoms with Crippen molar-refractivity contribution in [2.24, 2.45) is 5.92 Å². The number of likely N-dealkylation sites (tertiary alicyclic amines) is 1. The first-order valence-electron chi connectivity index (χ1n) is 16.6. The van der Waals surface area contributed by atoms with E-state index in [4.69, 9.17) is 9.47 Å². The largest absolute Gasteiger partial charge is 0.504 e. The molecule has 7 rings (SSSR count). The lowest BCUT2D eigenvalue weighted by Gasteiger charge is -2.32. The number of ether oxygens (including phenoxy) is 2. The Morgan fingerprint density at radius 2 is 1.78 bits per heavy atom. The van der Waals surface area contributed by atoms with Gasteiger partial charge in [0.25, 0.3) is 5.91 Å². The number of benzene rings is 3. The Labute approximate surface area is 271 Å². The van der Waals surface area contributed by atoms with Crippen molar-refractivity contribution < 1.29 is 24.2 Å². The van der Waals surface area contributed by atoms with Crippen molar-refractivity contribution in [3.63, 3.8) is 0 Å². The van der Waals surface area contributed by atoms with Crippen LogP contribution in [0, 0.1) is 5.92 Å². The molecule has 4 aliphatic heterocycles. The number of fused-ring (bicyclic) bond motifs is 1. The summed E-state index contributed by atoms with van der Waals surface area (Å²) in [6.07, 6.45) is 1.59. The van der Waals surface area contributed by atoms with Gasteiger partial charge in [0.05, 0.1) is 25.9 Å². The molecule has 3 amide bonds. The molecule has 4 fully saturated rings. The third-order valence-corrected chi connectivity index (χ3v) is 10.3. The molecule has 0 bridgehead atoms. The van der Waals surface area contributed by atoms with Crippen molar-refractivity contribution in [3.05, 3.63) is 65.7 Å². The molecule has 244 valence electrons. The summed E-state index contributed by atoms with van der Waals surface area (Å²) >= 11 is 0. The number of carbonyl (C=O) groups excluding carboxylic acids is 2. The van der Waals surface area contributed by atoms with Gasteiger partial charge in [0.15, 0.2) is 11.5 Å². The zero-order valence-electron chi connectivity index (χ0n) is 27.2. The number of rotatable bonds is 10. The molecule has 0 aromatic heterocycles. The van der Waals surface area contributed by atoms with Crippen LogP contribution >= 0.6 is 0 Å². The number of phenolic OH excluding ortho intramolecular Hbond substituents is 1. The molecule has 4 heterocycles. The maximum atomic E-state index is 14.6. The van der Waals surface area contributed by atoms with Crippen LogP contribution in [-0.4, -0.2) is 115 Å². The maximum Gasteiger partial charge on any atom is 0.328 e. The molecule has 0 aliphatic carbocycles. The van der Waals surface area contributed by atoms with Gasteiger partial charge in [0.1, 0.15) is 5.54 Å². The summed E-state index contributed by atoms with van der Waals surface area (Å²) in [4.78, 5) is 39.2. The number of urea groups is 1. The molecular formula is C36H45N5O5. The molecule has 4 aliphatic rings. The third-order valence-electron chi connectivity index (χ3n) is 10.3. The minimum absolute atomic E-state index is 0.00428. The summed E-state index contributed by atoms with van der Waals surface area (Å²) in [5.74, 6) is 0.535. The van der Waals surface area contributed by atoms with Crippen LogP contribution in [-0.2, 0) is 16.1 Å². The monoisotopic (exact) mass is 627 g/mol. The van der Waals surface area contributed by atoms with Gasteiger partial charge in [-0.05, 0) is 47.6 Å². The number of imide groups is 1. The Bertz CT molecular complexity index is 1620. The molecule has 0 radical (unpaired) electrons. The van der Waals surface area contributed by atoms with Crippen LogP contribution in [0.5, 0.6) is 11.5 Å². The summed E-state index contributed by atoms with van der Waals surface area (Å²) in [5, 5.41) is 12.9. The molecule has 46 heavy (non-hydrogen) atoms. The topological polar surface area (TPSA) is 89.0 Å². The van der Waals surface area contributed by atoms with E-state index in [1.165, 1.54) is 4.90 Å². The molecule has 3 aromatic carbocycles. The molecular weight excluding hydrogens is 582 g/mol. The summed E-state index contributed by atoms with van der Waals surface area (Å²) in [6, 6.07) is 17.9. The predicted molar refractivity (Wildman–Crippen MR) is 177 cm³/mol. The molecule has 1 spiro atoms. The number of phenols is 1. The fourth-order valence-electron chi connectivity index (χ4n) is 8.18. The van der Waals surface area contributed by atoms with E-state index in [1.54, 1.807) is 6.07 Å². The van der Waals surface area contributed by atoms with E-state index in [2.05, 4.69) is 51.1 Å². The van der Waals surface area contributed by atoms with Crippen molar-refractivity contribution >= 4 is 28.4 Å². The van der Waals surface area contributed by atoms with Gasteiger partial charge in [-0.25, -0.2) is 4.79 Å². The second-order valence-electron chi connectivity index (χ2n) is 13.4. The minimum Gasteiger partial charge on any atom is -0.504 e. The number of hydrogen-bond acceptors (Lipinski definition) is 8. The van der Waals surface area contributed by atoms with Crippen LogP contribution in [0.15, 0.2) is 54.6 Å². The first-order valence-corrected chi connectivity index (χ1v) is 16.6. The highest BCUT2D eigenvalue weighted by atomic mass is 16.5. The number of hydrogen-bond donors (Lipinski definition) is 1. The van der Waals surface area contributed by atoms with Crippen molar-refractivity contribution in [2.75, 3.05) is 78.1 Å². The van der Waals surface area contributed by atoms with Gasteiger partial charge in [0, 0.05) is 76.9 Å². The van der Waals surface area contributed by atoms with Crippen LogP contribution in [0.4, 0.5) is 10.5 Å². The third kappa shape index (κ3) is 5.16. The van der Waals surface area contributed by atoms with Gasteiger partial charge in [-0.15, -0.1) is 0 Å². The van der Waals surface area contributed by atoms with Gasteiger partial charge in [-0.1, -0.05) is 43.3 Å². The minimum atomic E-state index is -0.916. The average Bonchev–Trinajstić information content (AvgIpc) is 3.63. The maximum absolute atomic E-state index is 14.6. The molecule has 0 saturated carbocycles. The number of morpholine rings is 1. The molecule has 3 aromatic rings. The quantitative estimate of drug-likeness (QED) is 0.333. The smallest absolute Gasteiger partial charge is 0.328 e. The lowest BCUT2D eigenvalue weighted by atomic mass is 9.87. The summed E-state index contributed by atoms with van der Waals surface area (Å²) in [7, 11) is 4.09. The lowest BCUT2D eigenvalue weighted by molar-refractivity contribution is -0.133. The predicted octanol–water partition coefficient (Wildman–Crippen LogP) is 4.31. The summed E-state index contributed by atoms with van der Waals surface area (Å²) in [5.41, 5.74) is 2.27. The second-order valence-corrected chi connectivity index (χ2v) is 13.4. The number of nitrogens with zero attached hydrogens (tertiary/aromatic N) is 5. The van der Waals surface area contributed by atoms with Gasteiger partial charge in [-0.2, -0.15) is 0 Å². The fourth-order valence-corrected chi connectivity index (χ4v) is 8.18. The Kier molecular flexibility index (Phi) is 8.29. The number of amides is 3. The van der Waals surface area contributed by atoms with E-state index in [0.717, 1.165) is 53.5 Å². The highest BCUT2D eigenvalue weighted by Gasteiger charge is 2.70. The normalized spacial score (nSPS) is 25.0. The molecule has 3 atom stereocenters. The van der Waals surface area contributed by atoms with Crippen LogP contribution in [0.2, 0.25) is 0 Å². The number of aromatic hydroxyl groups is 1. The zero-order valence-corrected chi connectivity index (χ0v) is 27.2. The van der Waals surface area contributed by atoms with E-state index in [0.29, 0.717) is 58.3 Å². The average molecular weight is 628 g/mol. The van der Waals surface area contributed by atoms with Gasteiger partial charge < -0.3 is 24.4 Å². The Hall–Kier alpha value is -3.86. The summed E-state index contributed by atoms with van der Waals surface area (Å²) in [6.45, 7) is 8.32. The van der Waals surface area contributed by atoms with Crippen molar-refractivity contribution in [2.45, 2.75) is 37.9 Å². The molecule has 10 heteroatoms. The molecule has 1 N–H and O–H groups in total. The Morgan fingerprint density at radius 3 is 2.52 bits per heavy atom. The molecule has 10 nitrogen and oxygen atoms in total. The number of anilines is 1. The Morgan fingerprint density at radius 1 is 1.00 bits per heavy atom. The van der Waals surface area contributed by atoms with Crippen LogP contribution < -0.4 is 9.64 Å². The Balaban J connectivity index is 1.21. The van der Waals surface area contributed by atoms with E-state index >= 15 is 0 Å². The van der Waals surface area contributed by atoms with Gasteiger partial charge in [-0.3, -0.25) is 19.5 Å². The first-order chi connectivity index (χ1) is 22.3.